The van der Waals surface area contributed by atoms with Crippen molar-refractivity contribution in [3.8, 4) is 0 Å². The summed E-state index contributed by atoms with van der Waals surface area (Å²) < 4.78 is 0. The number of anilines is 1. The molecule has 5 rings (SSSR count). The van der Waals surface area contributed by atoms with Crippen molar-refractivity contribution >= 4 is 40.7 Å². The molecule has 2 aliphatic heterocycles. The molecule has 0 aromatic heterocycles. The van der Waals surface area contributed by atoms with Crippen molar-refractivity contribution in [2.24, 2.45) is 5.92 Å². The molecular weight excluding hydrogens is 407 g/mol. The van der Waals surface area contributed by atoms with Gasteiger partial charge in [-0.2, -0.15) is 0 Å². The number of carbonyl (C=O) groups excluding carboxylic acids is 2. The fourth-order valence-corrected chi connectivity index (χ4v) is 6.15. The maximum atomic E-state index is 13.7. The lowest BCUT2D eigenvalue weighted by Gasteiger charge is -2.48. The number of hydrogen-bond acceptors (Lipinski definition) is 2. The monoisotopic (exact) mass is 428 g/mol. The van der Waals surface area contributed by atoms with Gasteiger partial charge >= 0.3 is 0 Å². The van der Waals surface area contributed by atoms with Crippen LogP contribution in [0.4, 0.5) is 5.69 Å². The van der Waals surface area contributed by atoms with E-state index in [-0.39, 0.29) is 36.1 Å². The number of piperidine rings is 1. The first kappa shape index (κ1) is 19.0. The summed E-state index contributed by atoms with van der Waals surface area (Å²) in [5, 5.41) is 7.49. The minimum absolute atomic E-state index is 0.00675. The Hall–Kier alpha value is -2.04. The summed E-state index contributed by atoms with van der Waals surface area (Å²) in [5.74, 6) is -0.0827. The summed E-state index contributed by atoms with van der Waals surface area (Å²) in [6.07, 6.45) is 4.55. The molecule has 2 aromatic carbocycles. The molecule has 1 aliphatic carbocycles. The lowest BCUT2D eigenvalue weighted by Crippen LogP contribution is -2.64. The number of nitrogens with one attached hydrogen (secondary N) is 2. The van der Waals surface area contributed by atoms with Gasteiger partial charge in [-0.25, -0.2) is 0 Å². The normalized spacial score (nSPS) is 29.0. The molecule has 6 heteroatoms. The lowest BCUT2D eigenvalue weighted by molar-refractivity contribution is -0.132. The van der Waals surface area contributed by atoms with Crippen LogP contribution in [0.3, 0.4) is 0 Å². The van der Waals surface area contributed by atoms with Crippen LogP contribution >= 0.6 is 23.2 Å². The van der Waals surface area contributed by atoms with Gasteiger partial charge in [0.15, 0.2) is 0 Å². The van der Waals surface area contributed by atoms with Crippen LogP contribution in [0.5, 0.6) is 0 Å². The second-order valence-corrected chi connectivity index (χ2v) is 9.29. The molecule has 2 fully saturated rings. The second kappa shape index (κ2) is 7.03. The molecule has 1 saturated carbocycles. The van der Waals surface area contributed by atoms with E-state index >= 15 is 0 Å². The summed E-state index contributed by atoms with van der Waals surface area (Å²) in [6.45, 7) is 0. The molecule has 3 atom stereocenters. The molecule has 0 bridgehead atoms. The Morgan fingerprint density at radius 1 is 0.966 bits per heavy atom. The number of benzene rings is 2. The van der Waals surface area contributed by atoms with E-state index in [0.29, 0.717) is 10.0 Å². The van der Waals surface area contributed by atoms with E-state index in [4.69, 9.17) is 23.2 Å². The third-order valence-corrected chi connectivity index (χ3v) is 7.39. The number of carbonyl (C=O) groups is 2. The molecule has 1 spiro atoms. The molecule has 2 N–H and O–H groups in total. The molecule has 4 nitrogen and oxygen atoms in total. The maximum absolute atomic E-state index is 13.7. The highest BCUT2D eigenvalue weighted by molar-refractivity contribution is 6.31. The van der Waals surface area contributed by atoms with Gasteiger partial charge in [0.1, 0.15) is 5.41 Å². The first-order valence-corrected chi connectivity index (χ1v) is 10.9. The van der Waals surface area contributed by atoms with E-state index in [1.807, 2.05) is 36.4 Å². The van der Waals surface area contributed by atoms with Crippen LogP contribution in [0.2, 0.25) is 10.0 Å². The average Bonchev–Trinajstić information content (AvgIpc) is 3.31. The fourth-order valence-electron chi connectivity index (χ4n) is 5.78. The lowest BCUT2D eigenvalue weighted by atomic mass is 9.58. The Kier molecular flexibility index (Phi) is 4.60. The number of fused-ring (bicyclic) bond motifs is 2. The third-order valence-electron chi connectivity index (χ3n) is 6.92. The summed E-state index contributed by atoms with van der Waals surface area (Å²) in [5.41, 5.74) is 1.73. The predicted molar refractivity (Wildman–Crippen MR) is 114 cm³/mol. The highest BCUT2D eigenvalue weighted by Crippen LogP contribution is 2.56. The predicted octanol–water partition coefficient (Wildman–Crippen LogP) is 5.05. The molecule has 3 aliphatic rings. The Morgan fingerprint density at radius 2 is 1.72 bits per heavy atom. The zero-order valence-corrected chi connectivity index (χ0v) is 17.4. The van der Waals surface area contributed by atoms with Crippen LogP contribution < -0.4 is 10.6 Å². The van der Waals surface area contributed by atoms with Crippen LogP contribution in [0.1, 0.15) is 49.1 Å². The van der Waals surface area contributed by atoms with Crippen LogP contribution in [0, 0.1) is 5.92 Å². The van der Waals surface area contributed by atoms with Crippen molar-refractivity contribution < 1.29 is 9.59 Å². The van der Waals surface area contributed by atoms with Gasteiger partial charge in [0.25, 0.3) is 0 Å². The number of halogens is 2. The first-order chi connectivity index (χ1) is 14.0. The van der Waals surface area contributed by atoms with Gasteiger partial charge in [0.05, 0.1) is 6.04 Å². The van der Waals surface area contributed by atoms with Gasteiger partial charge < -0.3 is 10.6 Å². The van der Waals surface area contributed by atoms with E-state index in [0.717, 1.165) is 42.5 Å². The number of rotatable bonds is 2. The number of amides is 2. The Morgan fingerprint density at radius 3 is 2.48 bits per heavy atom. The van der Waals surface area contributed by atoms with E-state index < -0.39 is 5.41 Å². The zero-order valence-electron chi connectivity index (χ0n) is 15.9. The fraction of sp³-hybridized carbons (Fsp3) is 0.391. The average molecular weight is 429 g/mol. The first-order valence-electron chi connectivity index (χ1n) is 10.2. The van der Waals surface area contributed by atoms with Gasteiger partial charge in [0.2, 0.25) is 11.8 Å². The highest BCUT2D eigenvalue weighted by atomic mass is 35.5. The van der Waals surface area contributed by atoms with Crippen LogP contribution in [-0.2, 0) is 15.0 Å². The third kappa shape index (κ3) is 2.88. The van der Waals surface area contributed by atoms with Crippen LogP contribution in [0.15, 0.2) is 42.5 Å². The largest absolute Gasteiger partial charge is 0.352 e. The Labute approximate surface area is 180 Å². The Bertz CT molecular complexity index is 1000. The van der Waals surface area contributed by atoms with E-state index in [9.17, 15) is 9.59 Å². The van der Waals surface area contributed by atoms with Crippen molar-refractivity contribution in [3.63, 3.8) is 0 Å². The second-order valence-electron chi connectivity index (χ2n) is 8.41. The smallest absolute Gasteiger partial charge is 0.237 e. The summed E-state index contributed by atoms with van der Waals surface area (Å²) >= 11 is 12.5. The minimum Gasteiger partial charge on any atom is -0.352 e. The van der Waals surface area contributed by atoms with Crippen molar-refractivity contribution in [2.75, 3.05) is 5.32 Å². The van der Waals surface area contributed by atoms with Gasteiger partial charge in [-0.1, -0.05) is 54.2 Å². The molecule has 2 amide bonds. The van der Waals surface area contributed by atoms with Crippen molar-refractivity contribution in [1.29, 1.82) is 0 Å². The zero-order chi connectivity index (χ0) is 20.2. The van der Waals surface area contributed by atoms with Crippen molar-refractivity contribution in [2.45, 2.75) is 49.5 Å². The molecule has 1 saturated heterocycles. The molecule has 2 heterocycles. The van der Waals surface area contributed by atoms with E-state index in [2.05, 4.69) is 10.6 Å². The van der Waals surface area contributed by atoms with Gasteiger partial charge in [-0.3, -0.25) is 9.59 Å². The molecule has 2 aromatic rings. The minimum atomic E-state index is -0.868. The molecule has 0 radical (unpaired) electrons. The number of hydrogen-bond donors (Lipinski definition) is 2. The maximum Gasteiger partial charge on any atom is 0.237 e. The SMILES string of the molecule is O=C1C[C@@H](c2cccc(Cl)c2)[C@]2(C(=O)Nc3cc(Cl)ccc32)[C@@H](C2CCCC2)N1. The van der Waals surface area contributed by atoms with E-state index in [1.165, 1.54) is 0 Å². The van der Waals surface area contributed by atoms with Gasteiger partial charge in [-0.15, -0.1) is 0 Å². The molecule has 150 valence electrons. The van der Waals surface area contributed by atoms with Crippen LogP contribution in [0.25, 0.3) is 0 Å². The molecule has 0 unspecified atom stereocenters. The topological polar surface area (TPSA) is 58.2 Å². The summed E-state index contributed by atoms with van der Waals surface area (Å²) in [6, 6.07) is 12.9. The standard InChI is InChI=1S/C23H22Cl2N2O2/c24-15-7-3-6-14(10-15)18-12-20(28)27-21(13-4-1-2-5-13)23(18)17-9-8-16(25)11-19(17)26-22(23)29/h3,6-11,13,18,21H,1-2,4-5,12H2,(H,26,29)(H,27,28)/t18-,21+,23-/m0/s1. The quantitative estimate of drug-likeness (QED) is 0.702. The summed E-state index contributed by atoms with van der Waals surface area (Å²) in [7, 11) is 0. The van der Waals surface area contributed by atoms with E-state index in [1.54, 1.807) is 6.07 Å². The summed E-state index contributed by atoms with van der Waals surface area (Å²) in [4.78, 5) is 26.5. The van der Waals surface area contributed by atoms with Gasteiger partial charge in [-0.05, 0) is 54.2 Å². The van der Waals surface area contributed by atoms with Gasteiger partial charge in [0, 0.05) is 28.1 Å². The van der Waals surface area contributed by atoms with Crippen LogP contribution in [-0.4, -0.2) is 17.9 Å². The highest BCUT2D eigenvalue weighted by Gasteiger charge is 2.62. The molecule has 29 heavy (non-hydrogen) atoms. The Balaban J connectivity index is 1.75. The van der Waals surface area contributed by atoms with Crippen molar-refractivity contribution in [1.82, 2.24) is 5.32 Å². The van der Waals surface area contributed by atoms with Crippen molar-refractivity contribution in [3.05, 3.63) is 63.6 Å². The molecular formula is C23H22Cl2N2O2.